The van der Waals surface area contributed by atoms with Crippen molar-refractivity contribution in [3.63, 3.8) is 0 Å². The lowest BCUT2D eigenvalue weighted by Gasteiger charge is -2.25. The van der Waals surface area contributed by atoms with Crippen LogP contribution in [0.25, 0.3) is 0 Å². The summed E-state index contributed by atoms with van der Waals surface area (Å²) in [6, 6.07) is 18.0. The first kappa shape index (κ1) is 24.0. The van der Waals surface area contributed by atoms with Crippen LogP contribution in [0.5, 0.6) is 0 Å². The summed E-state index contributed by atoms with van der Waals surface area (Å²) in [6.45, 7) is 2.34. The number of para-hydroxylation sites is 2. The van der Waals surface area contributed by atoms with Crippen molar-refractivity contribution in [1.29, 1.82) is 0 Å². The fourth-order valence-electron chi connectivity index (χ4n) is 3.91. The van der Waals surface area contributed by atoms with Crippen molar-refractivity contribution in [3.8, 4) is 0 Å². The average molecular weight is 518 g/mol. The first-order valence-electron chi connectivity index (χ1n) is 11.4. The molecule has 0 bridgehead atoms. The van der Waals surface area contributed by atoms with Crippen LogP contribution < -0.4 is 10.6 Å². The van der Waals surface area contributed by atoms with Gasteiger partial charge >= 0.3 is 0 Å². The van der Waals surface area contributed by atoms with Gasteiger partial charge in [-0.15, -0.1) is 11.3 Å². The minimum absolute atomic E-state index is 0.0574. The number of carbonyl (C=O) groups excluding carboxylic acids is 3. The molecule has 8 nitrogen and oxygen atoms in total. The van der Waals surface area contributed by atoms with Crippen LogP contribution in [0.3, 0.4) is 0 Å². The van der Waals surface area contributed by atoms with Crippen LogP contribution in [0.2, 0.25) is 0 Å². The Labute approximate surface area is 216 Å². The second-order valence-electron chi connectivity index (χ2n) is 8.27. The molecule has 0 unspecified atom stereocenters. The number of nitrogens with one attached hydrogen (secondary N) is 2. The van der Waals surface area contributed by atoms with Crippen LogP contribution in [-0.2, 0) is 20.9 Å². The highest BCUT2D eigenvalue weighted by Gasteiger charge is 2.42. The molecule has 3 amide bonds. The van der Waals surface area contributed by atoms with Gasteiger partial charge in [-0.05, 0) is 42.1 Å². The lowest BCUT2D eigenvalue weighted by Crippen LogP contribution is -2.42. The zero-order chi connectivity index (χ0) is 25.1. The van der Waals surface area contributed by atoms with Crippen LogP contribution in [0.4, 0.5) is 11.4 Å². The molecule has 36 heavy (non-hydrogen) atoms. The topological polar surface area (TPSA) is 103 Å². The summed E-state index contributed by atoms with van der Waals surface area (Å²) in [5.74, 6) is -0.244. The number of rotatable bonds is 7. The molecule has 3 heterocycles. The van der Waals surface area contributed by atoms with E-state index in [2.05, 4.69) is 20.6 Å². The third kappa shape index (κ3) is 5.09. The Morgan fingerprint density at radius 3 is 2.67 bits per heavy atom. The highest BCUT2D eigenvalue weighted by atomic mass is 32.2. The van der Waals surface area contributed by atoms with Gasteiger partial charge in [0.25, 0.3) is 5.91 Å². The molecule has 1 atom stereocenters. The molecule has 2 N–H and O–H groups in total. The quantitative estimate of drug-likeness (QED) is 0.493. The molecular weight excluding hydrogens is 494 g/mol. The fourth-order valence-corrected chi connectivity index (χ4v) is 5.35. The number of thiophene rings is 1. The third-order valence-corrected chi connectivity index (χ3v) is 7.53. The van der Waals surface area contributed by atoms with Gasteiger partial charge in [0.2, 0.25) is 11.8 Å². The number of hydrogen-bond acceptors (Lipinski definition) is 7. The number of carbonyl (C=O) groups is 3. The van der Waals surface area contributed by atoms with Crippen molar-refractivity contribution >= 4 is 63.2 Å². The maximum atomic E-state index is 13.3. The predicted octanol–water partition coefficient (Wildman–Crippen LogP) is 4.09. The Balaban J connectivity index is 1.30. The summed E-state index contributed by atoms with van der Waals surface area (Å²) < 4.78 is 0. The maximum absolute atomic E-state index is 13.3. The van der Waals surface area contributed by atoms with Crippen LogP contribution in [0.15, 0.2) is 76.0 Å². The van der Waals surface area contributed by atoms with Crippen molar-refractivity contribution in [1.82, 2.24) is 10.2 Å². The molecule has 5 rings (SSSR count). The van der Waals surface area contributed by atoms with E-state index >= 15 is 0 Å². The van der Waals surface area contributed by atoms with Crippen molar-refractivity contribution in [2.24, 2.45) is 9.98 Å². The Morgan fingerprint density at radius 1 is 1.06 bits per heavy atom. The Hall–Kier alpha value is -3.76. The van der Waals surface area contributed by atoms with Gasteiger partial charge in [-0.1, -0.05) is 48.2 Å². The van der Waals surface area contributed by atoms with E-state index in [1.807, 2.05) is 73.0 Å². The molecule has 0 aliphatic carbocycles. The average Bonchev–Trinajstić information content (AvgIpc) is 3.51. The normalized spacial score (nSPS) is 16.1. The van der Waals surface area contributed by atoms with E-state index in [-0.39, 0.29) is 29.9 Å². The molecule has 0 fully saturated rings. The molecule has 2 aliphatic heterocycles. The first-order chi connectivity index (χ1) is 17.5. The molecule has 10 heteroatoms. The third-order valence-electron chi connectivity index (χ3n) is 5.72. The lowest BCUT2D eigenvalue weighted by atomic mass is 10.1. The zero-order valence-corrected chi connectivity index (χ0v) is 21.1. The number of aliphatic imine (C=N–C) groups is 2. The number of aryl methyl sites for hydroxylation is 1. The van der Waals surface area contributed by atoms with Gasteiger partial charge in [-0.25, -0.2) is 9.89 Å². The van der Waals surface area contributed by atoms with Crippen LogP contribution in [-0.4, -0.2) is 45.4 Å². The summed E-state index contributed by atoms with van der Waals surface area (Å²) in [4.78, 5) is 50.3. The molecule has 0 saturated heterocycles. The zero-order valence-electron chi connectivity index (χ0n) is 19.4. The van der Waals surface area contributed by atoms with Crippen molar-refractivity contribution in [2.75, 3.05) is 11.1 Å². The standard InChI is InChI=1S/C26H23N5O3S2/c1-16-7-2-4-10-19(16)28-23(33)15-36-26-30-20-11-5-3-9-18(20)24-29-21(25(34)31(24)26)13-22(32)27-14-17-8-6-12-35-17/h2-12,21H,13-15H2,1H3,(H,27,32)(H,28,33)/t21-/m0/s1. The SMILES string of the molecule is Cc1ccccc1NC(=O)CSC1=Nc2ccccc2C2=N[C@@H](CC(=O)NCc3cccs3)C(=O)N12. The molecule has 0 radical (unpaired) electrons. The van der Waals surface area contributed by atoms with E-state index in [9.17, 15) is 14.4 Å². The summed E-state index contributed by atoms with van der Waals surface area (Å²) in [6.07, 6.45) is -0.0574. The minimum Gasteiger partial charge on any atom is -0.351 e. The van der Waals surface area contributed by atoms with E-state index in [1.54, 1.807) is 11.3 Å². The van der Waals surface area contributed by atoms with E-state index < -0.39 is 6.04 Å². The molecule has 1 aromatic heterocycles. The number of amides is 3. The molecule has 182 valence electrons. The van der Waals surface area contributed by atoms with E-state index in [0.29, 0.717) is 23.2 Å². The largest absolute Gasteiger partial charge is 0.351 e. The number of anilines is 1. The van der Waals surface area contributed by atoms with Gasteiger partial charge in [0.1, 0.15) is 11.9 Å². The first-order valence-corrected chi connectivity index (χ1v) is 13.2. The van der Waals surface area contributed by atoms with Gasteiger partial charge in [-0.2, -0.15) is 0 Å². The number of amidine groups is 2. The van der Waals surface area contributed by atoms with Gasteiger partial charge in [0.05, 0.1) is 24.4 Å². The summed E-state index contributed by atoms with van der Waals surface area (Å²) in [5, 5.41) is 8.08. The van der Waals surface area contributed by atoms with Gasteiger partial charge in [0, 0.05) is 16.1 Å². The summed E-state index contributed by atoms with van der Waals surface area (Å²) in [5.41, 5.74) is 3.10. The lowest BCUT2D eigenvalue weighted by molar-refractivity contribution is -0.128. The number of hydrogen-bond donors (Lipinski definition) is 2. The Kier molecular flexibility index (Phi) is 6.97. The van der Waals surface area contributed by atoms with Crippen molar-refractivity contribution < 1.29 is 14.4 Å². The number of nitrogens with zero attached hydrogens (tertiary/aromatic N) is 3. The van der Waals surface area contributed by atoms with E-state index in [0.717, 1.165) is 21.7 Å². The van der Waals surface area contributed by atoms with Crippen molar-refractivity contribution in [3.05, 3.63) is 82.0 Å². The highest BCUT2D eigenvalue weighted by Crippen LogP contribution is 2.34. The van der Waals surface area contributed by atoms with E-state index in [4.69, 9.17) is 0 Å². The summed E-state index contributed by atoms with van der Waals surface area (Å²) >= 11 is 2.72. The predicted molar refractivity (Wildman–Crippen MR) is 144 cm³/mol. The molecule has 0 spiro atoms. The minimum atomic E-state index is -0.846. The molecule has 0 saturated carbocycles. The second-order valence-corrected chi connectivity index (χ2v) is 10.2. The van der Waals surface area contributed by atoms with Gasteiger partial charge in [-0.3, -0.25) is 19.4 Å². The fraction of sp³-hybridized carbons (Fsp3) is 0.192. The summed E-state index contributed by atoms with van der Waals surface area (Å²) in [7, 11) is 0. The smallest absolute Gasteiger partial charge is 0.259 e. The second kappa shape index (κ2) is 10.5. The Bertz CT molecular complexity index is 1380. The van der Waals surface area contributed by atoms with E-state index in [1.165, 1.54) is 16.7 Å². The number of fused-ring (bicyclic) bond motifs is 3. The highest BCUT2D eigenvalue weighted by molar-refractivity contribution is 8.14. The van der Waals surface area contributed by atoms with Crippen LogP contribution >= 0.6 is 23.1 Å². The number of benzene rings is 2. The number of thioether (sulfide) groups is 1. The van der Waals surface area contributed by atoms with Crippen LogP contribution in [0.1, 0.15) is 22.4 Å². The molecular formula is C26H23N5O3S2. The van der Waals surface area contributed by atoms with Crippen LogP contribution in [0, 0.1) is 6.92 Å². The molecule has 3 aromatic rings. The van der Waals surface area contributed by atoms with Gasteiger partial charge in [0.15, 0.2) is 5.17 Å². The van der Waals surface area contributed by atoms with Gasteiger partial charge < -0.3 is 10.6 Å². The monoisotopic (exact) mass is 517 g/mol. The molecule has 2 aliphatic rings. The van der Waals surface area contributed by atoms with Crippen molar-refractivity contribution in [2.45, 2.75) is 25.9 Å². The molecule has 2 aromatic carbocycles. The maximum Gasteiger partial charge on any atom is 0.259 e. The Morgan fingerprint density at radius 2 is 1.86 bits per heavy atom.